The Bertz CT molecular complexity index is 713. The van der Waals surface area contributed by atoms with Gasteiger partial charge < -0.3 is 4.84 Å². The zero-order valence-electron chi connectivity index (χ0n) is 11.1. The van der Waals surface area contributed by atoms with Gasteiger partial charge in [0.05, 0.1) is 11.3 Å². The molecule has 6 heteroatoms. The van der Waals surface area contributed by atoms with Crippen molar-refractivity contribution >= 4 is 20.6 Å². The molecule has 0 amide bonds. The third-order valence-corrected chi connectivity index (χ3v) is 3.69. The van der Waals surface area contributed by atoms with Crippen molar-refractivity contribution in [3.05, 3.63) is 53.4 Å². The molecular formula is C15H11BrF2N2O. The van der Waals surface area contributed by atoms with Crippen LogP contribution in [0.15, 0.2) is 35.6 Å². The number of rotatable bonds is 2. The first-order chi connectivity index (χ1) is 10.1. The molecule has 2 aromatic rings. The van der Waals surface area contributed by atoms with Crippen LogP contribution in [0, 0.1) is 18.6 Å². The van der Waals surface area contributed by atoms with Crippen LogP contribution in [0.4, 0.5) is 8.78 Å². The van der Waals surface area contributed by atoms with Gasteiger partial charge in [0.1, 0.15) is 16.3 Å². The molecule has 2 heterocycles. The van der Waals surface area contributed by atoms with Gasteiger partial charge in [0.15, 0.2) is 6.10 Å². The second-order valence-corrected chi connectivity index (χ2v) is 5.72. The summed E-state index contributed by atoms with van der Waals surface area (Å²) in [5, 5.41) is 3.80. The van der Waals surface area contributed by atoms with Crippen LogP contribution in [0.3, 0.4) is 0 Å². The predicted molar refractivity (Wildman–Crippen MR) is 79.1 cm³/mol. The second-order valence-electron chi connectivity index (χ2n) is 4.81. The van der Waals surface area contributed by atoms with E-state index < -0.39 is 17.7 Å². The van der Waals surface area contributed by atoms with Gasteiger partial charge in [-0.3, -0.25) is 4.98 Å². The van der Waals surface area contributed by atoms with Crippen LogP contribution in [0.25, 0.3) is 11.1 Å². The zero-order chi connectivity index (χ0) is 15.0. The van der Waals surface area contributed by atoms with Crippen LogP contribution in [0.1, 0.15) is 23.8 Å². The Balaban J connectivity index is 2.16. The largest absolute Gasteiger partial charge is 0.385 e. The first kappa shape index (κ1) is 14.1. The standard InChI is InChI=1S/C15H11BrF2N2O/c1-8-5-9(14-10(17)3-2-4-11(14)18)15(19-7-8)12-6-13(16)20-21-12/h2-5,7,12H,6H2,1H3. The van der Waals surface area contributed by atoms with Gasteiger partial charge >= 0.3 is 0 Å². The van der Waals surface area contributed by atoms with Crippen molar-refractivity contribution in [2.75, 3.05) is 0 Å². The van der Waals surface area contributed by atoms with Crippen LogP contribution in [0.2, 0.25) is 0 Å². The van der Waals surface area contributed by atoms with E-state index in [0.29, 0.717) is 22.3 Å². The number of benzene rings is 1. The van der Waals surface area contributed by atoms with Crippen LogP contribution in [0.5, 0.6) is 0 Å². The zero-order valence-corrected chi connectivity index (χ0v) is 12.7. The maximum absolute atomic E-state index is 14.1. The Morgan fingerprint density at radius 1 is 1.29 bits per heavy atom. The van der Waals surface area contributed by atoms with E-state index in [2.05, 4.69) is 26.1 Å². The number of aromatic nitrogens is 1. The Morgan fingerprint density at radius 3 is 2.62 bits per heavy atom. The van der Waals surface area contributed by atoms with Crippen LogP contribution < -0.4 is 0 Å². The van der Waals surface area contributed by atoms with Gasteiger partial charge in [-0.2, -0.15) is 0 Å². The van der Waals surface area contributed by atoms with E-state index in [-0.39, 0.29) is 5.56 Å². The highest BCUT2D eigenvalue weighted by Crippen LogP contribution is 2.36. The fourth-order valence-corrected chi connectivity index (χ4v) is 2.66. The summed E-state index contributed by atoms with van der Waals surface area (Å²) in [5.74, 6) is -1.25. The van der Waals surface area contributed by atoms with Gasteiger partial charge in [-0.15, -0.1) is 0 Å². The van der Waals surface area contributed by atoms with Crippen LogP contribution in [-0.2, 0) is 4.84 Å². The lowest BCUT2D eigenvalue weighted by Crippen LogP contribution is -2.05. The molecule has 1 aromatic heterocycles. The number of halogens is 3. The molecule has 21 heavy (non-hydrogen) atoms. The van der Waals surface area contributed by atoms with Gasteiger partial charge in [-0.1, -0.05) is 11.2 Å². The topological polar surface area (TPSA) is 34.5 Å². The molecule has 1 aliphatic heterocycles. The second kappa shape index (κ2) is 5.52. The normalized spacial score (nSPS) is 17.5. The van der Waals surface area contributed by atoms with Crippen molar-refractivity contribution in [2.24, 2.45) is 5.16 Å². The molecule has 1 aromatic carbocycles. The predicted octanol–water partition coefficient (Wildman–Crippen LogP) is 4.51. The monoisotopic (exact) mass is 352 g/mol. The molecule has 0 N–H and O–H groups in total. The highest BCUT2D eigenvalue weighted by Gasteiger charge is 2.27. The van der Waals surface area contributed by atoms with Gasteiger partial charge in [0.25, 0.3) is 0 Å². The highest BCUT2D eigenvalue weighted by atomic mass is 79.9. The summed E-state index contributed by atoms with van der Waals surface area (Å²) >= 11 is 3.25. The van der Waals surface area contributed by atoms with E-state index in [1.807, 2.05) is 6.92 Å². The summed E-state index contributed by atoms with van der Waals surface area (Å²) in [5.41, 5.74) is 1.60. The van der Waals surface area contributed by atoms with Crippen LogP contribution >= 0.6 is 15.9 Å². The molecule has 0 saturated heterocycles. The Hall–Kier alpha value is -1.82. The van der Waals surface area contributed by atoms with Crippen molar-refractivity contribution in [1.82, 2.24) is 4.98 Å². The molecule has 0 saturated carbocycles. The maximum Gasteiger partial charge on any atom is 0.176 e. The SMILES string of the molecule is Cc1cnc(C2CC(Br)=NO2)c(-c2c(F)cccc2F)c1. The van der Waals surface area contributed by atoms with Gasteiger partial charge in [-0.25, -0.2) is 8.78 Å². The van der Waals surface area contributed by atoms with E-state index in [1.165, 1.54) is 18.2 Å². The Kier molecular flexibility index (Phi) is 3.71. The molecule has 0 bridgehead atoms. The van der Waals surface area contributed by atoms with Crippen LogP contribution in [-0.4, -0.2) is 9.60 Å². The number of hydrogen-bond donors (Lipinski definition) is 0. The molecular weight excluding hydrogens is 342 g/mol. The number of aryl methyl sites for hydroxylation is 1. The lowest BCUT2D eigenvalue weighted by atomic mass is 9.97. The Morgan fingerprint density at radius 2 is 2.00 bits per heavy atom. The summed E-state index contributed by atoms with van der Waals surface area (Å²) in [6.07, 6.45) is 1.68. The summed E-state index contributed by atoms with van der Waals surface area (Å²) in [4.78, 5) is 9.57. The molecule has 108 valence electrons. The fraction of sp³-hybridized carbons (Fsp3) is 0.200. The lowest BCUT2D eigenvalue weighted by Gasteiger charge is -2.15. The van der Waals surface area contributed by atoms with Crippen molar-refractivity contribution in [1.29, 1.82) is 0 Å². The third-order valence-electron chi connectivity index (χ3n) is 3.23. The fourth-order valence-electron chi connectivity index (χ4n) is 2.29. The molecule has 1 aliphatic rings. The van der Waals surface area contributed by atoms with Crippen molar-refractivity contribution in [2.45, 2.75) is 19.4 Å². The summed E-state index contributed by atoms with van der Waals surface area (Å²) in [7, 11) is 0. The number of nitrogens with zero attached hydrogens (tertiary/aromatic N) is 2. The summed E-state index contributed by atoms with van der Waals surface area (Å²) < 4.78 is 28.8. The average Bonchev–Trinajstić information content (AvgIpc) is 2.85. The van der Waals surface area contributed by atoms with E-state index >= 15 is 0 Å². The first-order valence-electron chi connectivity index (χ1n) is 6.35. The molecule has 1 atom stereocenters. The number of oxime groups is 1. The minimum Gasteiger partial charge on any atom is -0.385 e. The van der Waals surface area contributed by atoms with Crippen molar-refractivity contribution in [3.8, 4) is 11.1 Å². The number of hydrogen-bond acceptors (Lipinski definition) is 3. The minimum atomic E-state index is -0.623. The van der Waals surface area contributed by atoms with E-state index in [1.54, 1.807) is 12.3 Å². The molecule has 1 unspecified atom stereocenters. The van der Waals surface area contributed by atoms with Crippen molar-refractivity contribution in [3.63, 3.8) is 0 Å². The molecule has 0 aliphatic carbocycles. The Labute approximate surface area is 128 Å². The first-order valence-corrected chi connectivity index (χ1v) is 7.14. The smallest absolute Gasteiger partial charge is 0.176 e. The molecule has 0 radical (unpaired) electrons. The minimum absolute atomic E-state index is 0.0877. The van der Waals surface area contributed by atoms with E-state index in [4.69, 9.17) is 4.84 Å². The van der Waals surface area contributed by atoms with E-state index in [0.717, 1.165) is 5.56 Å². The molecule has 0 spiro atoms. The highest BCUT2D eigenvalue weighted by molar-refractivity contribution is 9.18. The van der Waals surface area contributed by atoms with Gasteiger partial charge in [0.2, 0.25) is 0 Å². The quantitative estimate of drug-likeness (QED) is 0.797. The van der Waals surface area contributed by atoms with Crippen molar-refractivity contribution < 1.29 is 13.6 Å². The molecule has 0 fully saturated rings. The molecule has 3 nitrogen and oxygen atoms in total. The third kappa shape index (κ3) is 2.68. The van der Waals surface area contributed by atoms with Gasteiger partial charge in [0, 0.05) is 18.2 Å². The average molecular weight is 353 g/mol. The summed E-state index contributed by atoms with van der Waals surface area (Å²) in [6.45, 7) is 1.82. The molecule has 3 rings (SSSR count). The van der Waals surface area contributed by atoms with Gasteiger partial charge in [-0.05, 0) is 46.6 Å². The number of pyridine rings is 1. The lowest BCUT2D eigenvalue weighted by molar-refractivity contribution is 0.0830. The summed E-state index contributed by atoms with van der Waals surface area (Å²) in [6, 6.07) is 5.50. The van der Waals surface area contributed by atoms with E-state index in [9.17, 15) is 8.78 Å². The maximum atomic E-state index is 14.1.